The second-order valence-electron chi connectivity index (χ2n) is 8.51. The van der Waals surface area contributed by atoms with Crippen molar-refractivity contribution in [1.29, 1.82) is 0 Å². The van der Waals surface area contributed by atoms with Gasteiger partial charge in [-0.05, 0) is 36.2 Å². The Balaban J connectivity index is 1.85. The summed E-state index contributed by atoms with van der Waals surface area (Å²) in [6, 6.07) is 4.87. The van der Waals surface area contributed by atoms with Crippen molar-refractivity contribution in [2.45, 2.75) is 25.1 Å². The lowest BCUT2D eigenvalue weighted by Gasteiger charge is -2.27. The summed E-state index contributed by atoms with van der Waals surface area (Å²) in [7, 11) is 0. The molecule has 2 aromatic heterocycles. The molecule has 0 aliphatic heterocycles. The summed E-state index contributed by atoms with van der Waals surface area (Å²) in [5, 5.41) is 10.9. The fourth-order valence-electron chi connectivity index (χ4n) is 3.96. The highest BCUT2D eigenvalue weighted by Gasteiger charge is 2.44. The molecule has 2 aromatic carbocycles. The number of benzene rings is 2. The molecule has 6 nitrogen and oxygen atoms in total. The Labute approximate surface area is 209 Å². The average molecular weight is 541 g/mol. The van der Waals surface area contributed by atoms with Crippen LogP contribution >= 0.6 is 0 Å². The Hall–Kier alpha value is -4.13. The summed E-state index contributed by atoms with van der Waals surface area (Å²) < 4.78 is 99.2. The zero-order valence-corrected chi connectivity index (χ0v) is 19.3. The summed E-state index contributed by atoms with van der Waals surface area (Å²) in [5.74, 6) is -7.12. The first kappa shape index (κ1) is 26.9. The molecule has 1 amide bonds. The number of aromatic nitrogens is 2. The Morgan fingerprint density at radius 2 is 1.71 bits per heavy atom. The van der Waals surface area contributed by atoms with Crippen LogP contribution in [-0.2, 0) is 6.18 Å². The SMILES string of the molecule is Cc1ccc(-c2cn3cc(C(=O)N[C@@H](c4ccc(F)cc4)C(F)(F)CO)c(C(F)(F)F)c3c(=O)[nH]2)cc1F. The molecule has 0 fully saturated rings. The quantitative estimate of drug-likeness (QED) is 0.301. The highest BCUT2D eigenvalue weighted by Crippen LogP contribution is 2.37. The predicted molar refractivity (Wildman–Crippen MR) is 122 cm³/mol. The van der Waals surface area contributed by atoms with Crippen molar-refractivity contribution >= 4 is 11.4 Å². The third-order valence-corrected chi connectivity index (χ3v) is 5.89. The number of aryl methyl sites for hydroxylation is 1. The van der Waals surface area contributed by atoms with Gasteiger partial charge in [0, 0.05) is 18.0 Å². The molecule has 200 valence electrons. The molecule has 0 bridgehead atoms. The fraction of sp³-hybridized carbons (Fsp3) is 0.200. The van der Waals surface area contributed by atoms with Crippen molar-refractivity contribution in [3.05, 3.63) is 99.1 Å². The molecule has 13 heteroatoms. The fourth-order valence-corrected chi connectivity index (χ4v) is 3.96. The first-order chi connectivity index (χ1) is 17.7. The molecule has 0 aliphatic rings. The van der Waals surface area contributed by atoms with E-state index < -0.39 is 70.1 Å². The largest absolute Gasteiger partial charge is 0.419 e. The van der Waals surface area contributed by atoms with Crippen molar-refractivity contribution in [2.24, 2.45) is 0 Å². The van der Waals surface area contributed by atoms with E-state index in [1.54, 1.807) is 5.32 Å². The van der Waals surface area contributed by atoms with E-state index in [1.165, 1.54) is 19.1 Å². The van der Waals surface area contributed by atoms with Gasteiger partial charge in [0.2, 0.25) is 0 Å². The Bertz CT molecular complexity index is 1570. The number of amides is 1. The molecule has 0 aliphatic carbocycles. The second kappa shape index (κ2) is 9.63. The Kier molecular flexibility index (Phi) is 6.82. The minimum atomic E-state index is -5.27. The summed E-state index contributed by atoms with van der Waals surface area (Å²) in [6.45, 7) is -0.299. The van der Waals surface area contributed by atoms with Crippen LogP contribution in [0, 0.1) is 18.6 Å². The first-order valence-electron chi connectivity index (χ1n) is 10.9. The molecule has 4 rings (SSSR count). The van der Waals surface area contributed by atoms with Crippen LogP contribution in [0.1, 0.15) is 33.1 Å². The topological polar surface area (TPSA) is 86.6 Å². The molecule has 4 aromatic rings. The number of rotatable bonds is 6. The maximum absolute atomic E-state index is 14.5. The number of carbonyl (C=O) groups is 1. The number of hydrogen-bond donors (Lipinski definition) is 3. The summed E-state index contributed by atoms with van der Waals surface area (Å²) >= 11 is 0. The van der Waals surface area contributed by atoms with Gasteiger partial charge >= 0.3 is 6.18 Å². The third kappa shape index (κ3) is 5.01. The van der Waals surface area contributed by atoms with Crippen LogP contribution < -0.4 is 10.9 Å². The van der Waals surface area contributed by atoms with E-state index in [-0.39, 0.29) is 16.8 Å². The van der Waals surface area contributed by atoms with Crippen LogP contribution in [0.4, 0.5) is 30.7 Å². The summed E-state index contributed by atoms with van der Waals surface area (Å²) in [6.07, 6.45) is -3.61. The third-order valence-electron chi connectivity index (χ3n) is 5.89. The van der Waals surface area contributed by atoms with E-state index in [4.69, 9.17) is 5.11 Å². The second-order valence-corrected chi connectivity index (χ2v) is 8.51. The van der Waals surface area contributed by atoms with Gasteiger partial charge in [-0.1, -0.05) is 24.3 Å². The number of aliphatic hydroxyl groups excluding tert-OH is 1. The lowest BCUT2D eigenvalue weighted by atomic mass is 10.00. The van der Waals surface area contributed by atoms with Gasteiger partial charge in [-0.2, -0.15) is 13.2 Å². The van der Waals surface area contributed by atoms with E-state index in [0.717, 1.165) is 36.5 Å². The molecule has 0 radical (unpaired) electrons. The zero-order chi connectivity index (χ0) is 28.0. The number of hydrogen-bond acceptors (Lipinski definition) is 3. The predicted octanol–water partition coefficient (Wildman–Crippen LogP) is 5.00. The van der Waals surface area contributed by atoms with Gasteiger partial charge in [0.15, 0.2) is 0 Å². The lowest BCUT2D eigenvalue weighted by Crippen LogP contribution is -2.43. The maximum atomic E-state index is 14.5. The van der Waals surface area contributed by atoms with E-state index in [0.29, 0.717) is 10.6 Å². The van der Waals surface area contributed by atoms with Gasteiger partial charge in [-0.25, -0.2) is 17.6 Å². The van der Waals surface area contributed by atoms with Crippen LogP contribution in [0.25, 0.3) is 16.8 Å². The van der Waals surface area contributed by atoms with Crippen molar-refractivity contribution in [3.8, 4) is 11.3 Å². The van der Waals surface area contributed by atoms with E-state index >= 15 is 0 Å². The lowest BCUT2D eigenvalue weighted by molar-refractivity contribution is -0.136. The number of nitrogens with zero attached hydrogens (tertiary/aromatic N) is 1. The van der Waals surface area contributed by atoms with Crippen LogP contribution in [0.15, 0.2) is 59.7 Å². The normalized spacial score (nSPS) is 13.1. The molecule has 3 N–H and O–H groups in total. The number of aromatic amines is 1. The maximum Gasteiger partial charge on any atom is 0.419 e. The highest BCUT2D eigenvalue weighted by molar-refractivity contribution is 5.98. The number of halogens is 7. The minimum absolute atomic E-state index is 0.0758. The monoisotopic (exact) mass is 541 g/mol. The number of nitrogens with one attached hydrogen (secondary N) is 2. The van der Waals surface area contributed by atoms with E-state index in [9.17, 15) is 40.3 Å². The molecule has 0 unspecified atom stereocenters. The van der Waals surface area contributed by atoms with E-state index in [1.807, 2.05) is 0 Å². The number of carbonyl (C=O) groups excluding carboxylic acids is 1. The van der Waals surface area contributed by atoms with Gasteiger partial charge in [0.25, 0.3) is 17.4 Å². The Morgan fingerprint density at radius 1 is 1.05 bits per heavy atom. The molecule has 2 heterocycles. The van der Waals surface area contributed by atoms with Crippen molar-refractivity contribution < 1.29 is 40.6 Å². The van der Waals surface area contributed by atoms with Crippen LogP contribution in [0.2, 0.25) is 0 Å². The zero-order valence-electron chi connectivity index (χ0n) is 19.3. The molecular weight excluding hydrogens is 523 g/mol. The van der Waals surface area contributed by atoms with Crippen LogP contribution in [0.5, 0.6) is 0 Å². The van der Waals surface area contributed by atoms with Gasteiger partial charge < -0.3 is 19.8 Å². The molecule has 0 saturated heterocycles. The van der Waals surface area contributed by atoms with Crippen molar-refractivity contribution in [1.82, 2.24) is 14.7 Å². The molecule has 38 heavy (non-hydrogen) atoms. The highest BCUT2D eigenvalue weighted by atomic mass is 19.4. The van der Waals surface area contributed by atoms with Gasteiger partial charge in [0.05, 0.1) is 16.8 Å². The number of aliphatic hydroxyl groups is 1. The molecule has 1 atom stereocenters. The van der Waals surface area contributed by atoms with E-state index in [2.05, 4.69) is 4.98 Å². The molecule has 0 saturated carbocycles. The van der Waals surface area contributed by atoms with Crippen LogP contribution in [0.3, 0.4) is 0 Å². The van der Waals surface area contributed by atoms with Crippen molar-refractivity contribution in [3.63, 3.8) is 0 Å². The first-order valence-corrected chi connectivity index (χ1v) is 10.9. The summed E-state index contributed by atoms with van der Waals surface area (Å²) in [5.41, 5.74) is -5.17. The van der Waals surface area contributed by atoms with Gasteiger partial charge in [-0.15, -0.1) is 0 Å². The van der Waals surface area contributed by atoms with Gasteiger partial charge in [0.1, 0.15) is 29.8 Å². The standard InChI is InChI=1S/C25H18F7N3O3/c1-12-2-3-14(8-17(12)27)18-10-35-9-16(19(25(30,31)32)20(35)23(38)33-18)22(37)34-21(24(28,29)11-36)13-4-6-15(26)7-5-13/h2-10,21,36H,11H2,1H3,(H,33,38)(H,34,37)/t21-/m0/s1. The summed E-state index contributed by atoms with van der Waals surface area (Å²) in [4.78, 5) is 27.9. The number of H-pyrrole nitrogens is 1. The number of alkyl halides is 5. The minimum Gasteiger partial charge on any atom is -0.390 e. The van der Waals surface area contributed by atoms with Gasteiger partial charge in [-0.3, -0.25) is 9.59 Å². The smallest absolute Gasteiger partial charge is 0.390 e. The molecule has 0 spiro atoms. The van der Waals surface area contributed by atoms with Crippen molar-refractivity contribution in [2.75, 3.05) is 6.61 Å². The number of fused-ring (bicyclic) bond motifs is 1. The van der Waals surface area contributed by atoms with Crippen LogP contribution in [-0.4, -0.2) is 32.9 Å². The average Bonchev–Trinajstić information content (AvgIpc) is 3.26. The molecular formula is C25H18F7N3O3. The Morgan fingerprint density at radius 3 is 2.29 bits per heavy atom.